The fraction of sp³-hybridized carbons (Fsp3) is 0.104. The molecule has 4 aliphatic carbocycles. The molecule has 1 aliphatic heterocycles. The van der Waals surface area contributed by atoms with E-state index in [-0.39, 0.29) is 12.0 Å². The fourth-order valence-corrected chi connectivity index (χ4v) is 20.5. The first-order valence-corrected chi connectivity index (χ1v) is 39.6. The van der Waals surface area contributed by atoms with Gasteiger partial charge in [-0.15, -0.1) is 0 Å². The molecule has 1 saturated carbocycles. The fourth-order valence-electron chi connectivity index (χ4n) is 20.5. The number of aliphatic imine (C=N–C) groups is 1. The van der Waals surface area contributed by atoms with Crippen LogP contribution in [0.3, 0.4) is 0 Å². The maximum Gasteiger partial charge on any atom is 0.146 e. The van der Waals surface area contributed by atoms with Crippen LogP contribution in [0.4, 0.5) is 28.4 Å². The van der Waals surface area contributed by atoms with Crippen molar-refractivity contribution in [2.75, 3.05) is 9.80 Å². The Labute approximate surface area is 643 Å². The number of nitrogens with zero attached hydrogens (tertiary/aromatic N) is 3. The molecule has 0 N–H and O–H groups in total. The average Bonchev–Trinajstić information content (AvgIpc) is 1.57. The number of anilines is 4. The Balaban J connectivity index is 0.939. The van der Waals surface area contributed by atoms with Crippen LogP contribution in [0, 0.1) is 0 Å². The third-order valence-corrected chi connectivity index (χ3v) is 25.2. The lowest BCUT2D eigenvalue weighted by atomic mass is 9.70. The number of benzene rings is 16. The Bertz CT molecular complexity index is 7180. The summed E-state index contributed by atoms with van der Waals surface area (Å²) in [5.74, 6) is 0.498. The minimum Gasteiger partial charge on any atom is -0.455 e. The van der Waals surface area contributed by atoms with Crippen molar-refractivity contribution >= 4 is 133 Å². The number of para-hydroxylation sites is 3. The summed E-state index contributed by atoms with van der Waals surface area (Å²) >= 11 is 0. The molecule has 1 unspecified atom stereocenters. The first-order valence-electron chi connectivity index (χ1n) is 39.6. The molecule has 3 heterocycles. The molecule has 2 aromatic heterocycles. The van der Waals surface area contributed by atoms with Gasteiger partial charge in [0.15, 0.2) is 0 Å². The van der Waals surface area contributed by atoms with E-state index in [4.69, 9.17) is 13.8 Å². The van der Waals surface area contributed by atoms with Gasteiger partial charge >= 0.3 is 0 Å². The van der Waals surface area contributed by atoms with Crippen LogP contribution in [0.25, 0.3) is 132 Å². The van der Waals surface area contributed by atoms with Crippen LogP contribution >= 0.6 is 0 Å². The predicted molar refractivity (Wildman–Crippen MR) is 464 cm³/mol. The van der Waals surface area contributed by atoms with E-state index >= 15 is 0 Å². The zero-order valence-electron chi connectivity index (χ0n) is 61.8. The lowest BCUT2D eigenvalue weighted by Crippen LogP contribution is -2.44. The van der Waals surface area contributed by atoms with E-state index in [2.05, 4.69) is 364 Å². The first-order chi connectivity index (χ1) is 54.9. The lowest BCUT2D eigenvalue weighted by molar-refractivity contribution is 0.442. The second-order valence-electron chi connectivity index (χ2n) is 31.4. The smallest absolute Gasteiger partial charge is 0.146 e. The van der Waals surface area contributed by atoms with E-state index in [0.717, 1.165) is 151 Å². The van der Waals surface area contributed by atoms with Gasteiger partial charge in [-0.2, -0.15) is 0 Å². The average molecular weight is 1420 g/mol. The molecule has 1 atom stereocenters. The van der Waals surface area contributed by atoms with Crippen LogP contribution in [0.5, 0.6) is 0 Å². The molecular weight excluding hydrogens is 1350 g/mol. The normalized spacial score (nSPS) is 15.5. The predicted octanol–water partition coefficient (Wildman–Crippen LogP) is 26.8. The number of rotatable bonds is 10. The van der Waals surface area contributed by atoms with Crippen molar-refractivity contribution in [3.63, 3.8) is 0 Å². The van der Waals surface area contributed by atoms with E-state index in [0.29, 0.717) is 5.92 Å². The SMILES string of the molecule is CC(C)c1cccc2c1oc1c2c(N2C=c3ccccc3=C3C=CC=CC32)cc2c(N(c3ccc4c(c3)-c3ccccc3C43c4ccccc4-c4ccccc43)c3cc4ccccc4c4c(-c5ccccc5)cccc34)cc3cc(C(=Nc4ccccc4)c4ccccc4)c4oc5c(C6CCCCC6)cccc5c4c3c21. The highest BCUT2D eigenvalue weighted by Gasteiger charge is 2.52. The van der Waals surface area contributed by atoms with E-state index in [9.17, 15) is 0 Å². The van der Waals surface area contributed by atoms with E-state index in [1.165, 1.54) is 96.5 Å². The van der Waals surface area contributed by atoms with Gasteiger partial charge in [-0.1, -0.05) is 318 Å². The van der Waals surface area contributed by atoms with E-state index in [1.807, 2.05) is 0 Å². The van der Waals surface area contributed by atoms with Gasteiger partial charge in [0.2, 0.25) is 0 Å². The summed E-state index contributed by atoms with van der Waals surface area (Å²) in [5.41, 5.74) is 26.8. The zero-order valence-corrected chi connectivity index (χ0v) is 61.8. The highest BCUT2D eigenvalue weighted by molar-refractivity contribution is 6.39. The Kier molecular flexibility index (Phi) is 14.3. The molecule has 16 aromatic carbocycles. The molecule has 1 fully saturated rings. The number of fused-ring (bicyclic) bond motifs is 26. The van der Waals surface area contributed by atoms with Gasteiger partial charge in [0, 0.05) is 60.7 Å². The molecule has 18 aromatic rings. The van der Waals surface area contributed by atoms with Crippen LogP contribution < -0.4 is 20.2 Å². The summed E-state index contributed by atoms with van der Waals surface area (Å²) < 4.78 is 16.1. The number of allylic oxidation sites excluding steroid dienone is 2. The van der Waals surface area contributed by atoms with Crippen LogP contribution in [0.15, 0.2) is 348 Å². The van der Waals surface area contributed by atoms with Crippen LogP contribution in [-0.4, -0.2) is 11.8 Å². The Morgan fingerprint density at radius 1 is 0.441 bits per heavy atom. The highest BCUT2D eigenvalue weighted by atomic mass is 16.3. The molecule has 526 valence electrons. The molecule has 23 rings (SSSR count). The molecule has 0 saturated heterocycles. The van der Waals surface area contributed by atoms with Gasteiger partial charge in [-0.25, -0.2) is 4.99 Å². The minimum absolute atomic E-state index is 0.148. The Hall–Kier alpha value is -13.4. The molecule has 0 radical (unpaired) electrons. The second-order valence-corrected chi connectivity index (χ2v) is 31.4. The zero-order chi connectivity index (χ0) is 73.2. The quantitative estimate of drug-likeness (QED) is 0.101. The van der Waals surface area contributed by atoms with Crippen molar-refractivity contribution in [2.24, 2.45) is 4.99 Å². The Morgan fingerprint density at radius 3 is 1.82 bits per heavy atom. The molecule has 1 spiro atoms. The summed E-state index contributed by atoms with van der Waals surface area (Å²) in [4.78, 5) is 11.0. The van der Waals surface area contributed by atoms with Crippen LogP contribution in [0.1, 0.15) is 102 Å². The summed E-state index contributed by atoms with van der Waals surface area (Å²) in [7, 11) is 0. The maximum absolute atomic E-state index is 8.18. The molecule has 111 heavy (non-hydrogen) atoms. The van der Waals surface area contributed by atoms with Gasteiger partial charge in [0.05, 0.1) is 45.3 Å². The second kappa shape index (κ2) is 24.8. The van der Waals surface area contributed by atoms with E-state index in [1.54, 1.807) is 0 Å². The minimum atomic E-state index is -0.569. The summed E-state index contributed by atoms with van der Waals surface area (Å²) in [6, 6.07) is 116. The topological polar surface area (TPSA) is 45.1 Å². The third-order valence-electron chi connectivity index (χ3n) is 25.2. The van der Waals surface area contributed by atoms with Crippen molar-refractivity contribution in [2.45, 2.75) is 69.2 Å². The molecular formula is C106H75N3O2. The molecule has 0 amide bonds. The number of hydrogen-bond donors (Lipinski definition) is 0. The van der Waals surface area contributed by atoms with Crippen molar-refractivity contribution < 1.29 is 8.83 Å². The summed E-state index contributed by atoms with van der Waals surface area (Å²) in [6.07, 6.45) is 17.4. The van der Waals surface area contributed by atoms with Gasteiger partial charge in [-0.05, 0) is 178 Å². The third kappa shape index (κ3) is 9.39. The maximum atomic E-state index is 8.18. The molecule has 0 bridgehead atoms. The van der Waals surface area contributed by atoms with Crippen LogP contribution in [-0.2, 0) is 5.41 Å². The van der Waals surface area contributed by atoms with Crippen molar-refractivity contribution in [3.05, 3.63) is 389 Å². The lowest BCUT2D eigenvalue weighted by Gasteiger charge is -2.35. The number of furan rings is 2. The van der Waals surface area contributed by atoms with Gasteiger partial charge in [-0.3, -0.25) is 0 Å². The monoisotopic (exact) mass is 1420 g/mol. The molecule has 5 heteroatoms. The summed E-state index contributed by atoms with van der Waals surface area (Å²) in [5, 5.41) is 15.4. The van der Waals surface area contributed by atoms with Crippen LogP contribution in [0.2, 0.25) is 0 Å². The van der Waals surface area contributed by atoms with E-state index < -0.39 is 5.41 Å². The van der Waals surface area contributed by atoms with Crippen molar-refractivity contribution in [1.82, 2.24) is 0 Å². The van der Waals surface area contributed by atoms with Gasteiger partial charge in [0.1, 0.15) is 22.3 Å². The number of hydrogen-bond acceptors (Lipinski definition) is 5. The highest BCUT2D eigenvalue weighted by Crippen LogP contribution is 2.64. The largest absolute Gasteiger partial charge is 0.455 e. The standard InChI is InChI=1S/C106H75N3O2/c1-64(2)73-46-27-50-83-98-95(108-63-69-37-16-17-40-74(69)81-45-22-26-55-92(81)108)62-86-94(60-70-58-87(101(67-34-11-5-12-35-67)107-71-38-13-6-14-39-71)104-99(96(70)100(86)105(98)111-102(73)83)84-51-29-48-77(103(84)110-104)66-32-9-4-10-33-66)109(93-59-68-36-15-18-41-76(68)97-75(47-28-49-82(93)97)65-30-7-3-8-31-65)72-56-57-91-85(61-72)80-44-21-25-54-90(80)106(91)88-52-23-19-42-78(88)79-43-20-24-53-89(79)106/h3,5-8,11-31,34-64,66,92H,4,9-10,32-33H2,1-2H3. The van der Waals surface area contributed by atoms with Crippen molar-refractivity contribution in [3.8, 4) is 33.4 Å². The molecule has 5 nitrogen and oxygen atoms in total. The Morgan fingerprint density at radius 2 is 1.05 bits per heavy atom. The van der Waals surface area contributed by atoms with Gasteiger partial charge < -0.3 is 18.6 Å². The van der Waals surface area contributed by atoms with Crippen molar-refractivity contribution in [1.29, 1.82) is 0 Å². The molecule has 5 aliphatic rings. The van der Waals surface area contributed by atoms with Gasteiger partial charge in [0.25, 0.3) is 0 Å². The first kappa shape index (κ1) is 63.7. The summed E-state index contributed by atoms with van der Waals surface area (Å²) in [6.45, 7) is 4.60.